The highest BCUT2D eigenvalue weighted by molar-refractivity contribution is 6.31. The molecule has 0 spiro atoms. The molecule has 1 aliphatic rings. The van der Waals surface area contributed by atoms with Crippen LogP contribution < -0.4 is 10.6 Å². The van der Waals surface area contributed by atoms with Crippen molar-refractivity contribution in [3.63, 3.8) is 0 Å². The first kappa shape index (κ1) is 19.1. The van der Waals surface area contributed by atoms with Gasteiger partial charge in [0.2, 0.25) is 0 Å². The average Bonchev–Trinajstić information content (AvgIpc) is 2.61. The molecule has 2 rings (SSSR count). The van der Waals surface area contributed by atoms with Gasteiger partial charge in [-0.25, -0.2) is 0 Å². The van der Waals surface area contributed by atoms with Crippen molar-refractivity contribution in [3.05, 3.63) is 34.9 Å². The summed E-state index contributed by atoms with van der Waals surface area (Å²) in [5, 5.41) is 7.66. The lowest BCUT2D eigenvalue weighted by Crippen LogP contribution is -2.40. The highest BCUT2D eigenvalue weighted by Crippen LogP contribution is 2.22. The Hall–Kier alpha value is -1.26. The number of hydrogen-bond acceptors (Lipinski definition) is 2. The molecule has 1 fully saturated rings. The summed E-state index contributed by atoms with van der Waals surface area (Å²) in [6, 6.07) is 8.06. The first-order valence-electron chi connectivity index (χ1n) is 9.08. The van der Waals surface area contributed by atoms with Crippen molar-refractivity contribution in [2.45, 2.75) is 39.2 Å². The summed E-state index contributed by atoms with van der Waals surface area (Å²) in [7, 11) is 1.81. The molecule has 24 heavy (non-hydrogen) atoms. The molecule has 0 aliphatic carbocycles. The zero-order valence-electron chi connectivity index (χ0n) is 15.2. The molecule has 1 aliphatic heterocycles. The third kappa shape index (κ3) is 5.67. The summed E-state index contributed by atoms with van der Waals surface area (Å²) < 4.78 is 0. The third-order valence-electron chi connectivity index (χ3n) is 4.95. The van der Waals surface area contributed by atoms with Gasteiger partial charge in [-0.15, -0.1) is 0 Å². The molecule has 0 radical (unpaired) electrons. The first-order chi connectivity index (χ1) is 11.6. The molecule has 1 aromatic carbocycles. The Bertz CT molecular complexity index is 524. The van der Waals surface area contributed by atoms with Gasteiger partial charge in [-0.1, -0.05) is 36.7 Å². The number of likely N-dealkylation sites (tertiary alicyclic amines) is 1. The second kappa shape index (κ2) is 9.90. The van der Waals surface area contributed by atoms with E-state index in [4.69, 9.17) is 11.6 Å². The molecular formula is C19H31ClN4. The number of aliphatic imine (C=N–C) groups is 1. The van der Waals surface area contributed by atoms with Gasteiger partial charge in [-0.05, 0) is 63.4 Å². The van der Waals surface area contributed by atoms with Crippen molar-refractivity contribution >= 4 is 17.6 Å². The Morgan fingerprint density at radius 3 is 2.67 bits per heavy atom. The number of halogens is 1. The standard InChI is InChI=1S/C19H31ClN4/c1-4-24-13-10-16(11-14-24)9-12-22-19(21-3)23-15(2)17-7-5-6-8-18(17)20/h5-8,15-16H,4,9-14H2,1-3H3,(H2,21,22,23). The van der Waals surface area contributed by atoms with Crippen molar-refractivity contribution in [1.29, 1.82) is 0 Å². The van der Waals surface area contributed by atoms with Crippen LogP contribution in [-0.4, -0.2) is 44.1 Å². The van der Waals surface area contributed by atoms with Gasteiger partial charge < -0.3 is 15.5 Å². The maximum absolute atomic E-state index is 6.27. The van der Waals surface area contributed by atoms with E-state index in [0.717, 1.165) is 29.0 Å². The minimum absolute atomic E-state index is 0.123. The van der Waals surface area contributed by atoms with Crippen LogP contribution in [0.2, 0.25) is 5.02 Å². The highest BCUT2D eigenvalue weighted by atomic mass is 35.5. The van der Waals surface area contributed by atoms with Gasteiger partial charge in [0.25, 0.3) is 0 Å². The molecule has 0 amide bonds. The van der Waals surface area contributed by atoms with Crippen LogP contribution in [0.3, 0.4) is 0 Å². The van der Waals surface area contributed by atoms with E-state index in [-0.39, 0.29) is 6.04 Å². The quantitative estimate of drug-likeness (QED) is 0.607. The van der Waals surface area contributed by atoms with E-state index in [0.29, 0.717) is 0 Å². The molecule has 0 aromatic heterocycles. The van der Waals surface area contributed by atoms with Crippen molar-refractivity contribution in [1.82, 2.24) is 15.5 Å². The largest absolute Gasteiger partial charge is 0.356 e. The lowest BCUT2D eigenvalue weighted by atomic mass is 9.93. The Balaban J connectivity index is 1.74. The molecule has 2 N–H and O–H groups in total. The van der Waals surface area contributed by atoms with Crippen LogP contribution in [0.1, 0.15) is 44.7 Å². The second-order valence-corrected chi connectivity index (χ2v) is 6.96. The summed E-state index contributed by atoms with van der Waals surface area (Å²) in [5.41, 5.74) is 1.09. The molecule has 4 nitrogen and oxygen atoms in total. The number of hydrogen-bond donors (Lipinski definition) is 2. The van der Waals surface area contributed by atoms with Gasteiger partial charge in [-0.3, -0.25) is 4.99 Å². The normalized spacial score (nSPS) is 18.4. The fourth-order valence-electron chi connectivity index (χ4n) is 3.29. The summed E-state index contributed by atoms with van der Waals surface area (Å²) in [4.78, 5) is 6.87. The first-order valence-corrected chi connectivity index (χ1v) is 9.45. The van der Waals surface area contributed by atoms with Crippen LogP contribution in [-0.2, 0) is 0 Å². The van der Waals surface area contributed by atoms with Gasteiger partial charge >= 0.3 is 0 Å². The SMILES string of the molecule is CCN1CCC(CCNC(=NC)NC(C)c2ccccc2Cl)CC1. The molecule has 0 saturated carbocycles. The molecule has 1 heterocycles. The van der Waals surface area contributed by atoms with Crippen LogP contribution in [0.4, 0.5) is 0 Å². The number of benzene rings is 1. The highest BCUT2D eigenvalue weighted by Gasteiger charge is 2.18. The predicted molar refractivity (Wildman–Crippen MR) is 104 cm³/mol. The van der Waals surface area contributed by atoms with Crippen LogP contribution in [0.15, 0.2) is 29.3 Å². The Morgan fingerprint density at radius 1 is 1.33 bits per heavy atom. The van der Waals surface area contributed by atoms with Crippen molar-refractivity contribution in [2.24, 2.45) is 10.9 Å². The van der Waals surface area contributed by atoms with Crippen LogP contribution in [0.25, 0.3) is 0 Å². The number of rotatable bonds is 6. The number of nitrogens with one attached hydrogen (secondary N) is 2. The molecule has 0 bridgehead atoms. The van der Waals surface area contributed by atoms with Crippen LogP contribution in [0.5, 0.6) is 0 Å². The predicted octanol–water partition coefficient (Wildman–Crippen LogP) is 3.69. The summed E-state index contributed by atoms with van der Waals surface area (Å²) in [6.45, 7) is 8.99. The van der Waals surface area contributed by atoms with Gasteiger partial charge in [-0.2, -0.15) is 0 Å². The average molecular weight is 351 g/mol. The molecule has 1 atom stereocenters. The fourth-order valence-corrected chi connectivity index (χ4v) is 3.59. The monoisotopic (exact) mass is 350 g/mol. The van der Waals surface area contributed by atoms with Gasteiger partial charge in [0.05, 0.1) is 6.04 Å². The smallest absolute Gasteiger partial charge is 0.191 e. The van der Waals surface area contributed by atoms with Gasteiger partial charge in [0, 0.05) is 18.6 Å². The van der Waals surface area contributed by atoms with E-state index >= 15 is 0 Å². The van der Waals surface area contributed by atoms with E-state index < -0.39 is 0 Å². The van der Waals surface area contributed by atoms with Gasteiger partial charge in [0.1, 0.15) is 0 Å². The Labute approximate surface area is 151 Å². The maximum Gasteiger partial charge on any atom is 0.191 e. The van der Waals surface area contributed by atoms with E-state index in [1.54, 1.807) is 0 Å². The second-order valence-electron chi connectivity index (χ2n) is 6.55. The topological polar surface area (TPSA) is 39.7 Å². The van der Waals surface area contributed by atoms with Crippen molar-refractivity contribution < 1.29 is 0 Å². The van der Waals surface area contributed by atoms with Crippen molar-refractivity contribution in [3.8, 4) is 0 Å². The summed E-state index contributed by atoms with van der Waals surface area (Å²) >= 11 is 6.27. The molecule has 1 saturated heterocycles. The lowest BCUT2D eigenvalue weighted by Gasteiger charge is -2.31. The van der Waals surface area contributed by atoms with Crippen molar-refractivity contribution in [2.75, 3.05) is 33.2 Å². The van der Waals surface area contributed by atoms with E-state index in [9.17, 15) is 0 Å². The molecule has 1 aromatic rings. The molecule has 134 valence electrons. The minimum Gasteiger partial charge on any atom is -0.356 e. The minimum atomic E-state index is 0.123. The summed E-state index contributed by atoms with van der Waals surface area (Å²) in [6.07, 6.45) is 3.84. The summed E-state index contributed by atoms with van der Waals surface area (Å²) in [5.74, 6) is 1.67. The van der Waals surface area contributed by atoms with E-state index in [1.807, 2.05) is 25.2 Å². The zero-order valence-corrected chi connectivity index (χ0v) is 15.9. The maximum atomic E-state index is 6.27. The van der Waals surface area contributed by atoms with E-state index in [2.05, 4.69) is 40.4 Å². The fraction of sp³-hybridized carbons (Fsp3) is 0.632. The third-order valence-corrected chi connectivity index (χ3v) is 5.29. The molecular weight excluding hydrogens is 320 g/mol. The Kier molecular flexibility index (Phi) is 7.86. The van der Waals surface area contributed by atoms with E-state index in [1.165, 1.54) is 38.9 Å². The molecule has 1 unspecified atom stereocenters. The van der Waals surface area contributed by atoms with Crippen LogP contribution in [0, 0.1) is 5.92 Å². The van der Waals surface area contributed by atoms with Crippen LogP contribution >= 0.6 is 11.6 Å². The number of guanidine groups is 1. The number of piperidine rings is 1. The molecule has 5 heteroatoms. The lowest BCUT2D eigenvalue weighted by molar-refractivity contribution is 0.187. The Morgan fingerprint density at radius 2 is 2.04 bits per heavy atom. The zero-order chi connectivity index (χ0) is 17.4. The van der Waals surface area contributed by atoms with Gasteiger partial charge in [0.15, 0.2) is 5.96 Å². The number of nitrogens with zero attached hydrogens (tertiary/aromatic N) is 2.